The molecule has 3 heterocycles. The molecule has 2 aromatic heterocycles. The van der Waals surface area contributed by atoms with Crippen molar-refractivity contribution >= 4 is 44.8 Å². The van der Waals surface area contributed by atoms with Crippen molar-refractivity contribution in [1.82, 2.24) is 20.3 Å². The largest absolute Gasteiger partial charge is 0.437 e. The molecular formula is C28H31ClN6O3S. The van der Waals surface area contributed by atoms with Gasteiger partial charge < -0.3 is 15.4 Å². The number of nitrogens with zero attached hydrogens (tertiary/aromatic N) is 3. The van der Waals surface area contributed by atoms with E-state index in [0.29, 0.717) is 41.8 Å². The Morgan fingerprint density at radius 3 is 2.64 bits per heavy atom. The Bertz CT molecular complexity index is 1590. The first kappa shape index (κ1) is 27.1. The number of aryl methyl sites for hydroxylation is 1. The van der Waals surface area contributed by atoms with Gasteiger partial charge >= 0.3 is 0 Å². The quantitative estimate of drug-likeness (QED) is 0.263. The highest BCUT2D eigenvalue weighted by Crippen LogP contribution is 2.39. The minimum Gasteiger partial charge on any atom is -0.437 e. The van der Waals surface area contributed by atoms with Crippen LogP contribution in [0.25, 0.3) is 22.0 Å². The van der Waals surface area contributed by atoms with Gasteiger partial charge in [0.1, 0.15) is 5.75 Å². The van der Waals surface area contributed by atoms with Gasteiger partial charge in [0, 0.05) is 35.8 Å². The second-order valence-corrected chi connectivity index (χ2v) is 11.8. The molecule has 0 spiro atoms. The number of rotatable bonds is 8. The Morgan fingerprint density at radius 2 is 1.85 bits per heavy atom. The van der Waals surface area contributed by atoms with Gasteiger partial charge in [-0.15, -0.1) is 12.4 Å². The Morgan fingerprint density at radius 1 is 0.974 bits per heavy atom. The van der Waals surface area contributed by atoms with Crippen molar-refractivity contribution in [3.05, 3.63) is 66.5 Å². The van der Waals surface area contributed by atoms with Gasteiger partial charge in [-0.2, -0.15) is 0 Å². The van der Waals surface area contributed by atoms with Gasteiger partial charge in [0.25, 0.3) is 0 Å². The standard InChI is InChI=1S/C28H30N6O3S.ClH/c1-18-9-12-21-22(6-2-8-25(21)34-38(35,36)20-10-11-20)26(18)37-27-23(7-4-15-30-27)24-13-16-31-28(33-24)32-19-5-3-14-29-17-19;/h2,4,6-9,12-13,15-16,19-20,29,34H,3,5,10-11,14,17H2,1H3,(H,31,32,33);1H/t19-;/m0./s1. The second-order valence-electron chi connectivity index (χ2n) is 9.87. The number of ether oxygens (including phenoxy) is 1. The molecule has 0 bridgehead atoms. The number of pyridine rings is 1. The second kappa shape index (κ2) is 11.3. The molecule has 2 fully saturated rings. The summed E-state index contributed by atoms with van der Waals surface area (Å²) < 4.78 is 34.5. The average molecular weight is 567 g/mol. The minimum absolute atomic E-state index is 0. The lowest BCUT2D eigenvalue weighted by Gasteiger charge is -2.23. The summed E-state index contributed by atoms with van der Waals surface area (Å²) in [5.74, 6) is 1.60. The number of anilines is 2. The molecule has 6 rings (SSSR count). The molecule has 3 N–H and O–H groups in total. The normalized spacial score (nSPS) is 17.3. The molecule has 1 atom stereocenters. The summed E-state index contributed by atoms with van der Waals surface area (Å²) in [5, 5.41) is 8.08. The van der Waals surface area contributed by atoms with Crippen LogP contribution in [-0.2, 0) is 10.0 Å². The summed E-state index contributed by atoms with van der Waals surface area (Å²) >= 11 is 0. The zero-order valence-corrected chi connectivity index (χ0v) is 23.2. The van der Waals surface area contributed by atoms with Gasteiger partial charge in [-0.05, 0) is 69.0 Å². The highest BCUT2D eigenvalue weighted by Gasteiger charge is 2.36. The lowest BCUT2D eigenvalue weighted by Crippen LogP contribution is -2.38. The van der Waals surface area contributed by atoms with Crippen molar-refractivity contribution in [3.8, 4) is 22.9 Å². The van der Waals surface area contributed by atoms with E-state index in [1.165, 1.54) is 0 Å². The van der Waals surface area contributed by atoms with E-state index in [9.17, 15) is 8.42 Å². The molecule has 204 valence electrons. The third-order valence-corrected chi connectivity index (χ3v) is 8.81. The van der Waals surface area contributed by atoms with Crippen LogP contribution < -0.4 is 20.1 Å². The number of nitrogens with one attached hydrogen (secondary N) is 3. The zero-order valence-electron chi connectivity index (χ0n) is 21.6. The Kier molecular flexibility index (Phi) is 7.88. The number of halogens is 1. The van der Waals surface area contributed by atoms with Crippen molar-refractivity contribution < 1.29 is 13.2 Å². The molecule has 0 unspecified atom stereocenters. The monoisotopic (exact) mass is 566 g/mol. The molecule has 0 radical (unpaired) electrons. The van der Waals surface area contributed by atoms with Crippen LogP contribution in [0.3, 0.4) is 0 Å². The SMILES string of the molecule is Cc1ccc2c(NS(=O)(=O)C3CC3)cccc2c1Oc1ncccc1-c1ccnc(N[C@H]2CCCNC2)n1.Cl. The summed E-state index contributed by atoms with van der Waals surface area (Å²) in [7, 11) is -3.40. The third kappa shape index (κ3) is 5.93. The van der Waals surface area contributed by atoms with Crippen LogP contribution in [0.4, 0.5) is 11.6 Å². The van der Waals surface area contributed by atoms with Crippen LogP contribution in [-0.4, -0.2) is 47.8 Å². The molecule has 1 aliphatic heterocycles. The summed E-state index contributed by atoms with van der Waals surface area (Å²) in [6.07, 6.45) is 7.01. The Balaban J connectivity index is 0.00000308. The number of fused-ring (bicyclic) bond motifs is 1. The summed E-state index contributed by atoms with van der Waals surface area (Å²) in [6.45, 7) is 3.88. The molecule has 2 aromatic carbocycles. The fourth-order valence-electron chi connectivity index (χ4n) is 4.78. The molecule has 39 heavy (non-hydrogen) atoms. The molecule has 1 saturated heterocycles. The maximum atomic E-state index is 12.6. The average Bonchev–Trinajstić information content (AvgIpc) is 3.78. The molecule has 1 aliphatic carbocycles. The van der Waals surface area contributed by atoms with E-state index < -0.39 is 10.0 Å². The first-order valence-corrected chi connectivity index (χ1v) is 14.5. The van der Waals surface area contributed by atoms with Crippen LogP contribution in [0.5, 0.6) is 11.6 Å². The highest BCUT2D eigenvalue weighted by molar-refractivity contribution is 7.93. The van der Waals surface area contributed by atoms with Crippen LogP contribution in [0.1, 0.15) is 31.2 Å². The van der Waals surface area contributed by atoms with Gasteiger partial charge in [-0.1, -0.05) is 24.3 Å². The smallest absolute Gasteiger partial charge is 0.235 e. The van der Waals surface area contributed by atoms with E-state index in [1.54, 1.807) is 18.5 Å². The molecule has 0 amide bonds. The molecule has 2 aliphatic rings. The maximum Gasteiger partial charge on any atom is 0.235 e. The highest BCUT2D eigenvalue weighted by atomic mass is 35.5. The first-order valence-electron chi connectivity index (χ1n) is 13.0. The summed E-state index contributed by atoms with van der Waals surface area (Å²) in [5.41, 5.74) is 2.89. The molecule has 9 nitrogen and oxygen atoms in total. The van der Waals surface area contributed by atoms with E-state index in [-0.39, 0.29) is 23.7 Å². The van der Waals surface area contributed by atoms with Crippen molar-refractivity contribution in [2.75, 3.05) is 23.1 Å². The fraction of sp³-hybridized carbons (Fsp3) is 0.321. The van der Waals surface area contributed by atoms with Crippen molar-refractivity contribution in [1.29, 1.82) is 0 Å². The van der Waals surface area contributed by atoms with E-state index in [1.807, 2.05) is 49.4 Å². The third-order valence-electron chi connectivity index (χ3n) is 6.96. The van der Waals surface area contributed by atoms with Gasteiger partial charge in [0.05, 0.1) is 22.2 Å². The van der Waals surface area contributed by atoms with Gasteiger partial charge in [-0.3, -0.25) is 4.72 Å². The van der Waals surface area contributed by atoms with Gasteiger partial charge in [0.2, 0.25) is 21.9 Å². The van der Waals surface area contributed by atoms with E-state index in [4.69, 9.17) is 9.72 Å². The van der Waals surface area contributed by atoms with Crippen molar-refractivity contribution in [2.24, 2.45) is 0 Å². The van der Waals surface area contributed by atoms with Gasteiger partial charge in [0.15, 0.2) is 0 Å². The number of benzene rings is 2. The van der Waals surface area contributed by atoms with Crippen molar-refractivity contribution in [2.45, 2.75) is 43.9 Å². The Labute approximate surface area is 234 Å². The number of hydrogen-bond acceptors (Lipinski definition) is 8. The predicted molar refractivity (Wildman–Crippen MR) is 156 cm³/mol. The predicted octanol–water partition coefficient (Wildman–Crippen LogP) is 5.28. The number of hydrogen-bond donors (Lipinski definition) is 3. The molecule has 4 aromatic rings. The lowest BCUT2D eigenvalue weighted by molar-refractivity contribution is 0.466. The maximum absolute atomic E-state index is 12.6. The summed E-state index contributed by atoms with van der Waals surface area (Å²) in [6, 6.07) is 15.3. The topological polar surface area (TPSA) is 118 Å². The molecular weight excluding hydrogens is 536 g/mol. The Hall–Kier alpha value is -3.47. The van der Waals surface area contributed by atoms with E-state index in [2.05, 4.69) is 25.3 Å². The molecule has 11 heteroatoms. The first-order chi connectivity index (χ1) is 18.5. The number of sulfonamides is 1. The van der Waals surface area contributed by atoms with Crippen molar-refractivity contribution in [3.63, 3.8) is 0 Å². The number of aromatic nitrogens is 3. The van der Waals surface area contributed by atoms with E-state index in [0.717, 1.165) is 47.8 Å². The van der Waals surface area contributed by atoms with E-state index >= 15 is 0 Å². The zero-order chi connectivity index (χ0) is 26.1. The van der Waals surface area contributed by atoms with Crippen LogP contribution >= 0.6 is 12.4 Å². The van der Waals surface area contributed by atoms with Crippen LogP contribution in [0.15, 0.2) is 60.9 Å². The van der Waals surface area contributed by atoms with Crippen LogP contribution in [0.2, 0.25) is 0 Å². The molecule has 1 saturated carbocycles. The fourth-order valence-corrected chi connectivity index (χ4v) is 6.19. The lowest BCUT2D eigenvalue weighted by atomic mass is 10.0. The summed E-state index contributed by atoms with van der Waals surface area (Å²) in [4.78, 5) is 13.7. The van der Waals surface area contributed by atoms with Crippen LogP contribution in [0, 0.1) is 6.92 Å². The van der Waals surface area contributed by atoms with Gasteiger partial charge in [-0.25, -0.2) is 23.4 Å². The number of piperidine rings is 1. The minimum atomic E-state index is -3.40.